The van der Waals surface area contributed by atoms with Crippen LogP contribution < -0.4 is 0 Å². The highest BCUT2D eigenvalue weighted by Crippen LogP contribution is 2.47. The highest BCUT2D eigenvalue weighted by Gasteiger charge is 2.28. The van der Waals surface area contributed by atoms with Gasteiger partial charge in [-0.1, -0.05) is 107 Å². The van der Waals surface area contributed by atoms with Crippen molar-refractivity contribution in [2.24, 2.45) is 0 Å². The summed E-state index contributed by atoms with van der Waals surface area (Å²) in [6.07, 6.45) is 4.37. The Hall–Kier alpha value is -4.68. The third-order valence-electron chi connectivity index (χ3n) is 10.5. The third kappa shape index (κ3) is 3.90. The van der Waals surface area contributed by atoms with Crippen molar-refractivity contribution in [3.05, 3.63) is 164 Å². The Morgan fingerprint density at radius 1 is 0.273 bits per heavy atom. The van der Waals surface area contributed by atoms with Crippen molar-refractivity contribution < 1.29 is 0 Å². The van der Waals surface area contributed by atoms with Crippen molar-refractivity contribution in [2.45, 2.75) is 53.4 Å². The van der Waals surface area contributed by atoms with Crippen LogP contribution in [-0.2, 0) is 25.7 Å². The van der Waals surface area contributed by atoms with Crippen molar-refractivity contribution in [2.75, 3.05) is 0 Å². The Morgan fingerprint density at radius 2 is 0.545 bits per heavy atom. The number of rotatable bonds is 0. The van der Waals surface area contributed by atoms with Gasteiger partial charge in [0.1, 0.15) is 0 Å². The largest absolute Gasteiger partial charge is 0.0587 e. The molecule has 0 radical (unpaired) electrons. The monoisotopic (exact) mass is 564 g/mol. The molecule has 0 saturated carbocycles. The van der Waals surface area contributed by atoms with Gasteiger partial charge in [-0.3, -0.25) is 0 Å². The second-order valence-corrected chi connectivity index (χ2v) is 13.6. The molecule has 0 amide bonds. The molecule has 4 aliphatic carbocycles. The van der Waals surface area contributed by atoms with E-state index in [-0.39, 0.29) is 0 Å². The van der Waals surface area contributed by atoms with Crippen LogP contribution >= 0.6 is 0 Å². The van der Waals surface area contributed by atoms with E-state index >= 15 is 0 Å². The summed E-state index contributed by atoms with van der Waals surface area (Å²) in [6.45, 7) is 8.74. The van der Waals surface area contributed by atoms with Crippen LogP contribution in [0.5, 0.6) is 0 Å². The molecule has 0 nitrogen and oxygen atoms in total. The molecule has 0 unspecified atom stereocenters. The third-order valence-corrected chi connectivity index (χ3v) is 10.5. The summed E-state index contributed by atoms with van der Waals surface area (Å²) in [6, 6.07) is 37.1. The maximum absolute atomic E-state index is 2.45. The van der Waals surface area contributed by atoms with Gasteiger partial charge in [-0.2, -0.15) is 0 Å². The molecule has 0 atom stereocenters. The quantitative estimate of drug-likeness (QED) is 0.172. The number of hydrogen-bond acceptors (Lipinski definition) is 0. The van der Waals surface area contributed by atoms with Gasteiger partial charge in [-0.15, -0.1) is 0 Å². The van der Waals surface area contributed by atoms with Gasteiger partial charge in [-0.05, 0) is 155 Å². The van der Waals surface area contributed by atoms with Crippen LogP contribution in [0.25, 0.3) is 44.5 Å². The van der Waals surface area contributed by atoms with Crippen LogP contribution in [0.4, 0.5) is 0 Å². The number of aryl methyl sites for hydroxylation is 4. The van der Waals surface area contributed by atoms with Gasteiger partial charge in [0.05, 0.1) is 0 Å². The lowest BCUT2D eigenvalue weighted by Crippen LogP contribution is -1.91. The van der Waals surface area contributed by atoms with Crippen molar-refractivity contribution >= 4 is 0 Å². The predicted octanol–water partition coefficient (Wildman–Crippen LogP) is 10.9. The Labute approximate surface area is 261 Å². The Bertz CT molecular complexity index is 2030. The molecule has 0 N–H and O–H groups in total. The smallest absolute Gasteiger partial charge is 0.00103 e. The molecule has 0 aliphatic heterocycles. The van der Waals surface area contributed by atoms with Crippen LogP contribution in [0.15, 0.2) is 97.1 Å². The van der Waals surface area contributed by atoms with Gasteiger partial charge in [0, 0.05) is 0 Å². The molecule has 6 aromatic carbocycles. The van der Waals surface area contributed by atoms with E-state index in [4.69, 9.17) is 0 Å². The van der Waals surface area contributed by atoms with E-state index in [1.807, 2.05) is 0 Å². The number of benzene rings is 6. The van der Waals surface area contributed by atoms with Gasteiger partial charge in [0.25, 0.3) is 0 Å². The van der Waals surface area contributed by atoms with Crippen molar-refractivity contribution in [1.82, 2.24) is 0 Å². The van der Waals surface area contributed by atoms with Crippen LogP contribution in [0.2, 0.25) is 0 Å². The predicted molar refractivity (Wildman–Crippen MR) is 185 cm³/mol. The zero-order valence-corrected chi connectivity index (χ0v) is 26.1. The van der Waals surface area contributed by atoms with Crippen LogP contribution in [-0.4, -0.2) is 0 Å². The Kier molecular flexibility index (Phi) is 5.51. The maximum atomic E-state index is 2.45. The second kappa shape index (κ2) is 9.41. The van der Waals surface area contributed by atoms with E-state index in [1.165, 1.54) is 100 Å². The molecular weight excluding hydrogens is 528 g/mol. The van der Waals surface area contributed by atoms with Crippen LogP contribution in [0.1, 0.15) is 66.8 Å². The summed E-state index contributed by atoms with van der Waals surface area (Å²) in [4.78, 5) is 0. The van der Waals surface area contributed by atoms with Gasteiger partial charge in [-0.25, -0.2) is 0 Å². The second-order valence-electron chi connectivity index (χ2n) is 13.6. The zero-order valence-electron chi connectivity index (χ0n) is 26.1. The first kappa shape index (κ1) is 25.8. The normalized spacial score (nSPS) is 13.5. The van der Waals surface area contributed by atoms with E-state index in [0.29, 0.717) is 0 Å². The summed E-state index contributed by atoms with van der Waals surface area (Å²) < 4.78 is 0. The summed E-state index contributed by atoms with van der Waals surface area (Å²) in [5.41, 5.74) is 29.1. The summed E-state index contributed by atoms with van der Waals surface area (Å²) >= 11 is 0. The summed E-state index contributed by atoms with van der Waals surface area (Å²) in [5, 5.41) is 0. The van der Waals surface area contributed by atoms with Crippen molar-refractivity contribution in [1.29, 1.82) is 0 Å². The molecule has 0 fully saturated rings. The van der Waals surface area contributed by atoms with Crippen molar-refractivity contribution in [3.8, 4) is 44.5 Å². The van der Waals surface area contributed by atoms with Crippen molar-refractivity contribution in [3.63, 3.8) is 0 Å². The minimum atomic E-state index is 1.08. The Balaban J connectivity index is 0.000000123. The molecule has 44 heavy (non-hydrogen) atoms. The van der Waals surface area contributed by atoms with E-state index in [0.717, 1.165) is 25.7 Å². The molecule has 10 rings (SSSR count). The first-order valence-electron chi connectivity index (χ1n) is 16.1. The number of hydrogen-bond donors (Lipinski definition) is 0. The highest BCUT2D eigenvalue weighted by molar-refractivity contribution is 5.88. The first-order valence-corrected chi connectivity index (χ1v) is 16.1. The average molecular weight is 565 g/mol. The first-order chi connectivity index (χ1) is 21.4. The van der Waals surface area contributed by atoms with E-state index < -0.39 is 0 Å². The minimum absolute atomic E-state index is 1.08. The zero-order chi connectivity index (χ0) is 29.7. The molecule has 0 heteroatoms. The lowest BCUT2D eigenvalue weighted by Gasteiger charge is -2.07. The van der Waals surface area contributed by atoms with E-state index in [2.05, 4.69) is 125 Å². The molecule has 6 aromatic rings. The highest BCUT2D eigenvalue weighted by atomic mass is 14.3. The lowest BCUT2D eigenvalue weighted by atomic mass is 9.96. The summed E-state index contributed by atoms with van der Waals surface area (Å²) in [7, 11) is 0. The van der Waals surface area contributed by atoms with Gasteiger partial charge < -0.3 is 0 Å². The topological polar surface area (TPSA) is 0 Å². The summed E-state index contributed by atoms with van der Waals surface area (Å²) in [5.74, 6) is 0. The SMILES string of the molecule is Cc1ccc2c(c1)Cc1c-2ccc2c1Cc1cc(C)ccc1-2.Cc1ccc2c(c1)Cc1cc3c(cc1-2)Cc1cc(C)ccc1-3. The average Bonchev–Trinajstić information content (AvgIpc) is 3.74. The number of fused-ring (bicyclic) bond motifs is 13. The molecule has 0 heterocycles. The van der Waals surface area contributed by atoms with Crippen LogP contribution in [0, 0.1) is 27.7 Å². The fourth-order valence-electron chi connectivity index (χ4n) is 8.40. The van der Waals surface area contributed by atoms with E-state index in [9.17, 15) is 0 Å². The van der Waals surface area contributed by atoms with E-state index in [1.54, 1.807) is 11.1 Å². The molecule has 0 saturated heterocycles. The van der Waals surface area contributed by atoms with Crippen LogP contribution in [0.3, 0.4) is 0 Å². The maximum Gasteiger partial charge on any atom is -0.00103 e. The van der Waals surface area contributed by atoms with Gasteiger partial charge in [0.15, 0.2) is 0 Å². The standard InChI is InChI=1S/2C22H18/c1-13-3-5-19-15(7-13)9-17-11-22-18(12-21(17)19)10-16-8-14(2)4-6-20(16)22;1-13-3-5-17-15(9-13)11-21-19(17)7-8-20-18-6-4-14(2)10-16(18)12-22(20)21/h3-8,11-12H,9-10H2,1-2H3;3-10H,11-12H2,1-2H3. The molecular formula is C44H36. The lowest BCUT2D eigenvalue weighted by molar-refractivity contribution is 1.16. The fraction of sp³-hybridized carbons (Fsp3) is 0.182. The van der Waals surface area contributed by atoms with Gasteiger partial charge in [0.2, 0.25) is 0 Å². The molecule has 212 valence electrons. The molecule has 0 bridgehead atoms. The van der Waals surface area contributed by atoms with Gasteiger partial charge >= 0.3 is 0 Å². The molecule has 4 aliphatic rings. The molecule has 0 aromatic heterocycles. The minimum Gasteiger partial charge on any atom is -0.0587 e. The fourth-order valence-corrected chi connectivity index (χ4v) is 8.40. The molecule has 0 spiro atoms. The Morgan fingerprint density at radius 3 is 0.909 bits per heavy atom.